The Morgan fingerprint density at radius 2 is 1.84 bits per heavy atom. The number of hydrogen-bond acceptors (Lipinski definition) is 8. The van der Waals surface area contributed by atoms with Crippen LogP contribution in [0, 0.1) is 22.0 Å². The molecule has 162 valence electrons. The molecule has 0 unspecified atom stereocenters. The van der Waals surface area contributed by atoms with Crippen molar-refractivity contribution < 1.29 is 24.0 Å². The summed E-state index contributed by atoms with van der Waals surface area (Å²) in [6.07, 6.45) is 1.62. The minimum absolute atomic E-state index is 0.00690. The van der Waals surface area contributed by atoms with Crippen LogP contribution >= 0.6 is 0 Å². The molecule has 2 aromatic carbocycles. The third kappa shape index (κ3) is 2.58. The number of methoxy groups -OCH3 is 1. The zero-order valence-corrected chi connectivity index (χ0v) is 17.2. The standard InChI is InChI=1S/C22H18N4O6/c1-11(27)19-17-18(20-14-6-4-3-5-12(14)10-23-25(19)20)22(29)24(21(17)28)15-9-13(26(30)31)7-8-16(15)32-2/h3-10,17-20H,1-2H3/t17-,18-,19+,20+/m0/s1. The summed E-state index contributed by atoms with van der Waals surface area (Å²) in [5, 5.41) is 17.3. The van der Waals surface area contributed by atoms with Crippen LogP contribution < -0.4 is 9.64 Å². The fourth-order valence-corrected chi connectivity index (χ4v) is 5.03. The molecule has 2 aromatic rings. The zero-order valence-electron chi connectivity index (χ0n) is 17.2. The van der Waals surface area contributed by atoms with Gasteiger partial charge < -0.3 is 4.74 Å². The monoisotopic (exact) mass is 434 g/mol. The van der Waals surface area contributed by atoms with E-state index < -0.39 is 40.7 Å². The lowest BCUT2D eigenvalue weighted by Gasteiger charge is -2.33. The van der Waals surface area contributed by atoms with Gasteiger partial charge in [-0.25, -0.2) is 4.90 Å². The lowest BCUT2D eigenvalue weighted by atomic mass is 9.84. The second kappa shape index (κ2) is 6.98. The summed E-state index contributed by atoms with van der Waals surface area (Å²) in [6, 6.07) is 9.59. The molecule has 2 saturated heterocycles. The first-order valence-corrected chi connectivity index (χ1v) is 9.97. The number of anilines is 1. The lowest BCUT2D eigenvalue weighted by molar-refractivity contribution is -0.384. The predicted octanol–water partition coefficient (Wildman–Crippen LogP) is 2.07. The molecule has 32 heavy (non-hydrogen) atoms. The minimum Gasteiger partial charge on any atom is -0.495 e. The normalized spacial score (nSPS) is 25.4. The Morgan fingerprint density at radius 1 is 1.12 bits per heavy atom. The second-order valence-corrected chi connectivity index (χ2v) is 7.93. The van der Waals surface area contributed by atoms with Crippen molar-refractivity contribution in [1.29, 1.82) is 0 Å². The maximum absolute atomic E-state index is 13.7. The molecule has 10 heteroatoms. The van der Waals surface area contributed by atoms with Crippen molar-refractivity contribution in [2.45, 2.75) is 19.0 Å². The van der Waals surface area contributed by atoms with Crippen LogP contribution in [0.3, 0.4) is 0 Å². The van der Waals surface area contributed by atoms with Crippen LogP contribution in [0.2, 0.25) is 0 Å². The molecule has 10 nitrogen and oxygen atoms in total. The van der Waals surface area contributed by atoms with E-state index in [2.05, 4.69) is 5.10 Å². The highest BCUT2D eigenvalue weighted by atomic mass is 16.6. The van der Waals surface area contributed by atoms with Gasteiger partial charge in [-0.3, -0.25) is 29.5 Å². The fraction of sp³-hybridized carbons (Fsp3) is 0.273. The van der Waals surface area contributed by atoms with Crippen molar-refractivity contribution in [2.75, 3.05) is 12.0 Å². The van der Waals surface area contributed by atoms with Gasteiger partial charge >= 0.3 is 0 Å². The maximum atomic E-state index is 13.7. The Balaban J connectivity index is 1.66. The molecule has 2 fully saturated rings. The van der Waals surface area contributed by atoms with Gasteiger partial charge in [0.2, 0.25) is 11.8 Å². The molecule has 0 bridgehead atoms. The summed E-state index contributed by atoms with van der Waals surface area (Å²) in [5.74, 6) is -3.09. The zero-order chi connectivity index (χ0) is 22.7. The summed E-state index contributed by atoms with van der Waals surface area (Å²) >= 11 is 0. The van der Waals surface area contributed by atoms with E-state index in [-0.39, 0.29) is 22.9 Å². The molecule has 5 rings (SSSR count). The Labute approximate surface area is 182 Å². The Kier molecular flexibility index (Phi) is 4.33. The van der Waals surface area contributed by atoms with Crippen molar-refractivity contribution in [3.63, 3.8) is 0 Å². The number of rotatable bonds is 4. The van der Waals surface area contributed by atoms with E-state index in [0.29, 0.717) is 0 Å². The van der Waals surface area contributed by atoms with Gasteiger partial charge in [-0.2, -0.15) is 5.10 Å². The van der Waals surface area contributed by atoms with Crippen LogP contribution in [0.4, 0.5) is 11.4 Å². The number of nitro groups is 1. The number of ether oxygens (including phenoxy) is 1. The van der Waals surface area contributed by atoms with Gasteiger partial charge in [-0.1, -0.05) is 24.3 Å². The Bertz CT molecular complexity index is 1220. The van der Waals surface area contributed by atoms with Crippen LogP contribution in [-0.4, -0.2) is 46.9 Å². The van der Waals surface area contributed by atoms with Gasteiger partial charge in [-0.05, 0) is 24.1 Å². The van der Waals surface area contributed by atoms with E-state index in [4.69, 9.17) is 4.74 Å². The number of carbonyl (C=O) groups excluding carboxylic acids is 3. The molecule has 0 N–H and O–H groups in total. The molecule has 3 aliphatic heterocycles. The van der Waals surface area contributed by atoms with Crippen LogP contribution in [0.25, 0.3) is 0 Å². The fourth-order valence-electron chi connectivity index (χ4n) is 5.03. The number of amides is 2. The summed E-state index contributed by atoms with van der Waals surface area (Å²) in [7, 11) is 1.35. The summed E-state index contributed by atoms with van der Waals surface area (Å²) in [5.41, 5.74) is 1.32. The van der Waals surface area contributed by atoms with E-state index in [1.54, 1.807) is 11.2 Å². The quantitative estimate of drug-likeness (QED) is 0.410. The number of ketones is 1. The number of imide groups is 1. The van der Waals surface area contributed by atoms with Crippen LogP contribution in [0.5, 0.6) is 5.75 Å². The van der Waals surface area contributed by atoms with Crippen molar-refractivity contribution >= 4 is 35.2 Å². The number of hydrogen-bond donors (Lipinski definition) is 0. The van der Waals surface area contributed by atoms with E-state index >= 15 is 0 Å². The molecular formula is C22H18N4O6. The van der Waals surface area contributed by atoms with Crippen molar-refractivity contribution in [3.05, 3.63) is 63.7 Å². The molecule has 0 radical (unpaired) electrons. The number of nitrogens with zero attached hydrogens (tertiary/aromatic N) is 4. The van der Waals surface area contributed by atoms with Crippen molar-refractivity contribution in [2.24, 2.45) is 16.9 Å². The average Bonchev–Trinajstić information content (AvgIpc) is 3.26. The first-order chi connectivity index (χ1) is 15.3. The van der Waals surface area contributed by atoms with E-state index in [1.807, 2.05) is 24.3 Å². The molecule has 3 aliphatic rings. The lowest BCUT2D eigenvalue weighted by Crippen LogP contribution is -2.44. The van der Waals surface area contributed by atoms with Gasteiger partial charge in [0, 0.05) is 12.1 Å². The smallest absolute Gasteiger partial charge is 0.271 e. The highest BCUT2D eigenvalue weighted by Gasteiger charge is 2.65. The van der Waals surface area contributed by atoms with E-state index in [1.165, 1.54) is 26.2 Å². The number of benzene rings is 2. The number of hydrazone groups is 1. The molecule has 0 aliphatic carbocycles. The summed E-state index contributed by atoms with van der Waals surface area (Å²) in [6.45, 7) is 1.37. The second-order valence-electron chi connectivity index (χ2n) is 7.93. The third-order valence-electron chi connectivity index (χ3n) is 6.32. The number of non-ortho nitro benzene ring substituents is 1. The van der Waals surface area contributed by atoms with Crippen molar-refractivity contribution in [1.82, 2.24) is 5.01 Å². The number of Topliss-reactive ketones (excluding diaryl/α,β-unsaturated/α-hetero) is 1. The van der Waals surface area contributed by atoms with Gasteiger partial charge in [0.1, 0.15) is 17.5 Å². The highest BCUT2D eigenvalue weighted by molar-refractivity contribution is 6.24. The van der Waals surface area contributed by atoms with E-state index in [0.717, 1.165) is 22.1 Å². The predicted molar refractivity (Wildman–Crippen MR) is 112 cm³/mol. The molecule has 0 saturated carbocycles. The minimum atomic E-state index is -0.961. The maximum Gasteiger partial charge on any atom is 0.271 e. The van der Waals surface area contributed by atoms with Gasteiger partial charge in [0.15, 0.2) is 5.78 Å². The van der Waals surface area contributed by atoms with Crippen LogP contribution in [-0.2, 0) is 14.4 Å². The summed E-state index contributed by atoms with van der Waals surface area (Å²) < 4.78 is 5.28. The SMILES string of the molecule is COc1ccc([N+](=O)[O-])cc1N1C(=O)[C@H]2[C@H](C1=O)[C@H]1c3ccccc3C=NN1[C@@H]2C(C)=O. The number of nitro benzene ring substituents is 1. The molecule has 0 aromatic heterocycles. The Morgan fingerprint density at radius 3 is 2.53 bits per heavy atom. The number of fused-ring (bicyclic) bond motifs is 5. The highest BCUT2D eigenvalue weighted by Crippen LogP contribution is 2.53. The molecular weight excluding hydrogens is 416 g/mol. The third-order valence-corrected chi connectivity index (χ3v) is 6.32. The van der Waals surface area contributed by atoms with Gasteiger partial charge in [-0.15, -0.1) is 0 Å². The summed E-state index contributed by atoms with van der Waals surface area (Å²) in [4.78, 5) is 51.5. The van der Waals surface area contributed by atoms with Gasteiger partial charge in [0.05, 0.1) is 36.1 Å². The topological polar surface area (TPSA) is 122 Å². The molecule has 3 heterocycles. The van der Waals surface area contributed by atoms with E-state index in [9.17, 15) is 24.5 Å². The van der Waals surface area contributed by atoms with Crippen LogP contribution in [0.1, 0.15) is 24.1 Å². The first kappa shape index (κ1) is 19.9. The van der Waals surface area contributed by atoms with Crippen LogP contribution in [0.15, 0.2) is 47.6 Å². The number of carbonyl (C=O) groups is 3. The largest absolute Gasteiger partial charge is 0.495 e. The Hall–Kier alpha value is -4.08. The average molecular weight is 434 g/mol. The first-order valence-electron chi connectivity index (χ1n) is 9.97. The molecule has 2 amide bonds. The van der Waals surface area contributed by atoms with Gasteiger partial charge in [0.25, 0.3) is 5.69 Å². The molecule has 0 spiro atoms. The molecule has 4 atom stereocenters. The van der Waals surface area contributed by atoms with Crippen molar-refractivity contribution in [3.8, 4) is 5.75 Å².